The smallest absolute Gasteiger partial charge is 0.0178 e. The molecule has 1 N–H and O–H groups in total. The highest BCUT2D eigenvalue weighted by atomic mass is 79.9. The van der Waals surface area contributed by atoms with Crippen LogP contribution in [0.3, 0.4) is 0 Å². The molecule has 1 aromatic carbocycles. The Labute approximate surface area is 113 Å². The SMILES string of the molecule is C=CCCCC(Cc1cccc(Br)c1)NCC. The lowest BCUT2D eigenvalue weighted by Crippen LogP contribution is -2.30. The van der Waals surface area contributed by atoms with Crippen LogP contribution in [-0.2, 0) is 6.42 Å². The van der Waals surface area contributed by atoms with Gasteiger partial charge >= 0.3 is 0 Å². The summed E-state index contributed by atoms with van der Waals surface area (Å²) in [7, 11) is 0. The minimum Gasteiger partial charge on any atom is -0.314 e. The van der Waals surface area contributed by atoms with Crippen molar-refractivity contribution in [3.8, 4) is 0 Å². The minimum absolute atomic E-state index is 0.578. The van der Waals surface area contributed by atoms with Crippen LogP contribution in [0.25, 0.3) is 0 Å². The van der Waals surface area contributed by atoms with E-state index in [-0.39, 0.29) is 0 Å². The van der Waals surface area contributed by atoms with Gasteiger partial charge in [0.05, 0.1) is 0 Å². The molecule has 1 atom stereocenters. The largest absolute Gasteiger partial charge is 0.314 e. The summed E-state index contributed by atoms with van der Waals surface area (Å²) in [6.45, 7) is 6.98. The Hall–Kier alpha value is -0.600. The van der Waals surface area contributed by atoms with E-state index >= 15 is 0 Å². The minimum atomic E-state index is 0.578. The van der Waals surface area contributed by atoms with Crippen LogP contribution in [0.1, 0.15) is 31.7 Å². The van der Waals surface area contributed by atoms with Crippen molar-refractivity contribution in [2.24, 2.45) is 0 Å². The number of benzene rings is 1. The van der Waals surface area contributed by atoms with Crippen molar-refractivity contribution in [1.29, 1.82) is 0 Å². The zero-order valence-corrected chi connectivity index (χ0v) is 12.2. The fourth-order valence-corrected chi connectivity index (χ4v) is 2.47. The Morgan fingerprint density at radius 2 is 2.29 bits per heavy atom. The van der Waals surface area contributed by atoms with Gasteiger partial charge in [0.1, 0.15) is 0 Å². The van der Waals surface area contributed by atoms with Crippen molar-refractivity contribution in [3.05, 3.63) is 47.0 Å². The van der Waals surface area contributed by atoms with Crippen molar-refractivity contribution in [1.82, 2.24) is 5.32 Å². The van der Waals surface area contributed by atoms with E-state index in [4.69, 9.17) is 0 Å². The average molecular weight is 296 g/mol. The third-order valence-corrected chi connectivity index (χ3v) is 3.32. The number of rotatable bonds is 8. The molecule has 0 aliphatic carbocycles. The summed E-state index contributed by atoms with van der Waals surface area (Å²) in [5.74, 6) is 0. The van der Waals surface area contributed by atoms with Crippen molar-refractivity contribution >= 4 is 15.9 Å². The number of allylic oxidation sites excluding steroid dienone is 1. The van der Waals surface area contributed by atoms with Gasteiger partial charge in [-0.1, -0.05) is 41.1 Å². The van der Waals surface area contributed by atoms with Crippen LogP contribution in [0.5, 0.6) is 0 Å². The predicted octanol–water partition coefficient (Wildman–Crippen LogP) is 4.33. The van der Waals surface area contributed by atoms with Gasteiger partial charge in [-0.2, -0.15) is 0 Å². The Morgan fingerprint density at radius 1 is 1.47 bits per heavy atom. The van der Waals surface area contributed by atoms with E-state index < -0.39 is 0 Å². The van der Waals surface area contributed by atoms with Gasteiger partial charge in [-0.3, -0.25) is 0 Å². The van der Waals surface area contributed by atoms with Crippen molar-refractivity contribution < 1.29 is 0 Å². The van der Waals surface area contributed by atoms with Gasteiger partial charge in [-0.15, -0.1) is 6.58 Å². The molecule has 0 aliphatic rings. The number of hydrogen-bond acceptors (Lipinski definition) is 1. The molecule has 0 fully saturated rings. The van der Waals surface area contributed by atoms with Crippen LogP contribution >= 0.6 is 15.9 Å². The molecule has 0 bridgehead atoms. The zero-order chi connectivity index (χ0) is 12.5. The second-order valence-corrected chi connectivity index (χ2v) is 5.22. The molecule has 94 valence electrons. The van der Waals surface area contributed by atoms with Crippen LogP contribution < -0.4 is 5.32 Å². The van der Waals surface area contributed by atoms with E-state index in [1.54, 1.807) is 0 Å². The summed E-state index contributed by atoms with van der Waals surface area (Å²) in [5, 5.41) is 3.56. The van der Waals surface area contributed by atoms with Crippen molar-refractivity contribution in [3.63, 3.8) is 0 Å². The van der Waals surface area contributed by atoms with Gasteiger partial charge < -0.3 is 5.32 Å². The molecular weight excluding hydrogens is 274 g/mol. The number of unbranched alkanes of at least 4 members (excludes halogenated alkanes) is 1. The first-order valence-corrected chi connectivity index (χ1v) is 7.14. The number of hydrogen-bond donors (Lipinski definition) is 1. The molecule has 1 aromatic rings. The molecule has 1 unspecified atom stereocenters. The second-order valence-electron chi connectivity index (χ2n) is 4.31. The standard InChI is InChI=1S/C15H22BrN/c1-3-5-6-10-15(17-4-2)12-13-8-7-9-14(16)11-13/h3,7-9,11,15,17H,1,4-6,10,12H2,2H3. The monoisotopic (exact) mass is 295 g/mol. The van der Waals surface area contributed by atoms with E-state index in [2.05, 4.69) is 59.0 Å². The number of nitrogens with one attached hydrogen (secondary N) is 1. The molecule has 2 heteroatoms. The number of likely N-dealkylation sites (N-methyl/N-ethyl adjacent to an activating group) is 1. The van der Waals surface area contributed by atoms with Crippen LogP contribution in [0.2, 0.25) is 0 Å². The maximum Gasteiger partial charge on any atom is 0.0178 e. The lowest BCUT2D eigenvalue weighted by atomic mass is 10.0. The van der Waals surface area contributed by atoms with Gasteiger partial charge in [-0.25, -0.2) is 0 Å². The third kappa shape index (κ3) is 6.04. The lowest BCUT2D eigenvalue weighted by Gasteiger charge is -2.17. The molecule has 1 nitrogen and oxygen atoms in total. The van der Waals surface area contributed by atoms with Gasteiger partial charge in [0.2, 0.25) is 0 Å². The van der Waals surface area contributed by atoms with E-state index in [0.717, 1.165) is 23.9 Å². The highest BCUT2D eigenvalue weighted by Crippen LogP contribution is 2.15. The maximum atomic E-state index is 3.77. The fourth-order valence-electron chi connectivity index (χ4n) is 2.02. The Balaban J connectivity index is 2.50. The zero-order valence-electron chi connectivity index (χ0n) is 10.6. The molecule has 1 rings (SSSR count). The van der Waals surface area contributed by atoms with Gasteiger partial charge in [0, 0.05) is 10.5 Å². The van der Waals surface area contributed by atoms with Crippen LogP contribution in [0.4, 0.5) is 0 Å². The van der Waals surface area contributed by atoms with Crippen LogP contribution in [0.15, 0.2) is 41.4 Å². The van der Waals surface area contributed by atoms with Gasteiger partial charge in [0.25, 0.3) is 0 Å². The molecule has 0 saturated carbocycles. The van der Waals surface area contributed by atoms with E-state index in [9.17, 15) is 0 Å². The molecule has 0 amide bonds. The summed E-state index contributed by atoms with van der Waals surface area (Å²) < 4.78 is 1.16. The molecule has 0 saturated heterocycles. The van der Waals surface area contributed by atoms with Gasteiger partial charge in [-0.05, 0) is 49.9 Å². The van der Waals surface area contributed by atoms with Crippen LogP contribution in [-0.4, -0.2) is 12.6 Å². The summed E-state index contributed by atoms with van der Waals surface area (Å²) in [4.78, 5) is 0. The van der Waals surface area contributed by atoms with Crippen molar-refractivity contribution in [2.45, 2.75) is 38.6 Å². The fraction of sp³-hybridized carbons (Fsp3) is 0.467. The molecule has 17 heavy (non-hydrogen) atoms. The van der Waals surface area contributed by atoms with Crippen LogP contribution in [0, 0.1) is 0 Å². The maximum absolute atomic E-state index is 3.77. The summed E-state index contributed by atoms with van der Waals surface area (Å²) >= 11 is 3.52. The first kappa shape index (κ1) is 14.5. The first-order valence-electron chi connectivity index (χ1n) is 6.35. The Morgan fingerprint density at radius 3 is 2.94 bits per heavy atom. The molecular formula is C15H22BrN. The predicted molar refractivity (Wildman–Crippen MR) is 79.4 cm³/mol. The van der Waals surface area contributed by atoms with E-state index in [1.807, 2.05) is 6.08 Å². The Bertz CT molecular complexity index is 335. The molecule has 0 aliphatic heterocycles. The highest BCUT2D eigenvalue weighted by molar-refractivity contribution is 9.10. The van der Waals surface area contributed by atoms with E-state index in [1.165, 1.54) is 18.4 Å². The normalized spacial score (nSPS) is 12.4. The summed E-state index contributed by atoms with van der Waals surface area (Å²) in [5.41, 5.74) is 1.39. The van der Waals surface area contributed by atoms with E-state index in [0.29, 0.717) is 6.04 Å². The highest BCUT2D eigenvalue weighted by Gasteiger charge is 2.07. The second kappa shape index (κ2) is 8.48. The average Bonchev–Trinajstić information content (AvgIpc) is 2.29. The van der Waals surface area contributed by atoms with Crippen molar-refractivity contribution in [2.75, 3.05) is 6.54 Å². The Kier molecular flexibility index (Phi) is 7.22. The topological polar surface area (TPSA) is 12.0 Å². The summed E-state index contributed by atoms with van der Waals surface area (Å²) in [6, 6.07) is 9.16. The molecule has 0 spiro atoms. The first-order chi connectivity index (χ1) is 8.26. The number of halogens is 1. The molecule has 0 radical (unpaired) electrons. The summed E-state index contributed by atoms with van der Waals surface area (Å²) in [6.07, 6.45) is 6.65. The molecule has 0 heterocycles. The molecule has 0 aromatic heterocycles. The third-order valence-electron chi connectivity index (χ3n) is 2.82. The van der Waals surface area contributed by atoms with Gasteiger partial charge in [0.15, 0.2) is 0 Å². The quantitative estimate of drug-likeness (QED) is 0.556. The lowest BCUT2D eigenvalue weighted by molar-refractivity contribution is 0.478.